The smallest absolute Gasteiger partial charge is 0.407 e. The average molecular weight is 479 g/mol. The fourth-order valence-corrected chi connectivity index (χ4v) is 5.34. The molecule has 0 bridgehead atoms. The minimum absolute atomic E-state index is 0.0804. The van der Waals surface area contributed by atoms with Crippen LogP contribution in [0.15, 0.2) is 48.5 Å². The Morgan fingerprint density at radius 1 is 1.06 bits per heavy atom. The highest BCUT2D eigenvalue weighted by atomic mass is 16.5. The Hall–Kier alpha value is -3.39. The largest absolute Gasteiger partial charge is 0.480 e. The maximum atomic E-state index is 13.3. The molecule has 184 valence electrons. The molecule has 8 heteroatoms. The molecule has 2 aliphatic carbocycles. The Kier molecular flexibility index (Phi) is 6.47. The van der Waals surface area contributed by atoms with Gasteiger partial charge < -0.3 is 24.8 Å². The summed E-state index contributed by atoms with van der Waals surface area (Å²) in [4.78, 5) is 39.3. The number of ether oxygens (including phenoxy) is 2. The fourth-order valence-electron chi connectivity index (χ4n) is 5.34. The molecule has 2 aromatic carbocycles. The van der Waals surface area contributed by atoms with Crippen LogP contribution in [0.3, 0.4) is 0 Å². The van der Waals surface area contributed by atoms with Crippen molar-refractivity contribution in [3.05, 3.63) is 59.7 Å². The fraction of sp³-hybridized carbons (Fsp3) is 0.444. The van der Waals surface area contributed by atoms with Gasteiger partial charge in [-0.25, -0.2) is 9.59 Å². The number of carbonyl (C=O) groups is 3. The molecule has 1 saturated carbocycles. The lowest BCUT2D eigenvalue weighted by atomic mass is 9.98. The zero-order valence-electron chi connectivity index (χ0n) is 19.7. The topological polar surface area (TPSA) is 105 Å². The summed E-state index contributed by atoms with van der Waals surface area (Å²) in [6.07, 6.45) is 1.71. The van der Waals surface area contributed by atoms with Gasteiger partial charge in [-0.3, -0.25) is 4.79 Å². The SMILES string of the molecule is COC1CC(C(=O)O)N(C(=O)[C@H](CC2CC2)NC(=O)OCC2c3ccccc3-c3ccccc32)C1. The first-order valence-electron chi connectivity index (χ1n) is 12.1. The predicted octanol–water partition coefficient (Wildman–Crippen LogP) is 3.39. The Morgan fingerprint density at radius 2 is 1.69 bits per heavy atom. The molecule has 0 radical (unpaired) electrons. The van der Waals surface area contributed by atoms with Crippen LogP contribution >= 0.6 is 0 Å². The molecular formula is C27H30N2O6. The van der Waals surface area contributed by atoms with Crippen molar-refractivity contribution in [2.75, 3.05) is 20.3 Å². The number of carbonyl (C=O) groups excluding carboxylic acids is 2. The lowest BCUT2D eigenvalue weighted by molar-refractivity contribution is -0.149. The Bertz CT molecular complexity index is 1080. The minimum Gasteiger partial charge on any atom is -0.480 e. The van der Waals surface area contributed by atoms with E-state index in [9.17, 15) is 19.5 Å². The van der Waals surface area contributed by atoms with E-state index in [1.165, 1.54) is 12.0 Å². The van der Waals surface area contributed by atoms with Crippen molar-refractivity contribution >= 4 is 18.0 Å². The molecule has 2 unspecified atom stereocenters. The monoisotopic (exact) mass is 478 g/mol. The molecule has 8 nitrogen and oxygen atoms in total. The van der Waals surface area contributed by atoms with Crippen molar-refractivity contribution in [1.82, 2.24) is 10.2 Å². The summed E-state index contributed by atoms with van der Waals surface area (Å²) >= 11 is 0. The van der Waals surface area contributed by atoms with Crippen LogP contribution in [0.4, 0.5) is 4.79 Å². The number of nitrogens with zero attached hydrogens (tertiary/aromatic N) is 1. The number of amides is 2. The van der Waals surface area contributed by atoms with Gasteiger partial charge in [-0.05, 0) is 34.6 Å². The second-order valence-electron chi connectivity index (χ2n) is 9.64. The highest BCUT2D eigenvalue weighted by molar-refractivity contribution is 5.90. The normalized spacial score (nSPS) is 21.8. The summed E-state index contributed by atoms with van der Waals surface area (Å²) in [7, 11) is 1.51. The third-order valence-electron chi connectivity index (χ3n) is 7.36. The number of nitrogens with one attached hydrogen (secondary N) is 1. The van der Waals surface area contributed by atoms with E-state index in [0.717, 1.165) is 35.1 Å². The van der Waals surface area contributed by atoms with E-state index in [4.69, 9.17) is 9.47 Å². The average Bonchev–Trinajstić information content (AvgIpc) is 3.48. The number of likely N-dealkylation sites (tertiary alicyclic amines) is 1. The lowest BCUT2D eigenvalue weighted by Gasteiger charge is -2.27. The van der Waals surface area contributed by atoms with Crippen LogP contribution in [0.2, 0.25) is 0 Å². The zero-order chi connectivity index (χ0) is 24.5. The van der Waals surface area contributed by atoms with E-state index in [-0.39, 0.29) is 31.6 Å². The lowest BCUT2D eigenvalue weighted by Crippen LogP contribution is -2.52. The van der Waals surface area contributed by atoms with Crippen molar-refractivity contribution in [3.63, 3.8) is 0 Å². The van der Waals surface area contributed by atoms with Crippen LogP contribution < -0.4 is 5.32 Å². The van der Waals surface area contributed by atoms with Gasteiger partial charge in [0, 0.05) is 26.0 Å². The molecule has 1 saturated heterocycles. The summed E-state index contributed by atoms with van der Waals surface area (Å²) < 4.78 is 10.9. The number of carboxylic acid groups (broad SMARTS) is 1. The van der Waals surface area contributed by atoms with Crippen LogP contribution in [0, 0.1) is 5.92 Å². The number of benzene rings is 2. The van der Waals surface area contributed by atoms with Gasteiger partial charge in [0.05, 0.1) is 6.10 Å². The van der Waals surface area contributed by atoms with E-state index in [2.05, 4.69) is 17.4 Å². The zero-order valence-corrected chi connectivity index (χ0v) is 19.7. The predicted molar refractivity (Wildman–Crippen MR) is 128 cm³/mol. The Balaban J connectivity index is 1.27. The van der Waals surface area contributed by atoms with Gasteiger partial charge in [0.25, 0.3) is 0 Å². The van der Waals surface area contributed by atoms with E-state index in [1.54, 1.807) is 0 Å². The summed E-state index contributed by atoms with van der Waals surface area (Å²) in [6, 6.07) is 14.4. The van der Waals surface area contributed by atoms with Crippen molar-refractivity contribution in [1.29, 1.82) is 0 Å². The summed E-state index contributed by atoms with van der Waals surface area (Å²) in [5.74, 6) is -1.19. The summed E-state index contributed by atoms with van der Waals surface area (Å²) in [5.41, 5.74) is 4.50. The van der Waals surface area contributed by atoms with Gasteiger partial charge >= 0.3 is 12.1 Å². The summed E-state index contributed by atoms with van der Waals surface area (Å²) in [5, 5.41) is 12.4. The molecule has 35 heavy (non-hydrogen) atoms. The molecule has 1 heterocycles. The third kappa shape index (κ3) is 4.75. The molecule has 5 rings (SSSR count). The van der Waals surface area contributed by atoms with Crippen LogP contribution in [0.1, 0.15) is 42.7 Å². The van der Waals surface area contributed by atoms with E-state index < -0.39 is 30.1 Å². The van der Waals surface area contributed by atoms with E-state index >= 15 is 0 Å². The van der Waals surface area contributed by atoms with Crippen molar-refractivity contribution in [3.8, 4) is 11.1 Å². The first-order valence-corrected chi connectivity index (χ1v) is 12.1. The Labute approximate surface area is 204 Å². The molecule has 0 aromatic heterocycles. The van der Waals surface area contributed by atoms with Crippen LogP contribution in [0.5, 0.6) is 0 Å². The van der Waals surface area contributed by atoms with Crippen molar-refractivity contribution < 1.29 is 29.0 Å². The molecule has 2 fully saturated rings. The molecule has 3 atom stereocenters. The van der Waals surface area contributed by atoms with Gasteiger partial charge in [0.2, 0.25) is 5.91 Å². The molecule has 2 amide bonds. The number of hydrogen-bond acceptors (Lipinski definition) is 5. The maximum Gasteiger partial charge on any atom is 0.407 e. The number of alkyl carbamates (subject to hydrolysis) is 1. The van der Waals surface area contributed by atoms with Gasteiger partial charge in [-0.15, -0.1) is 0 Å². The van der Waals surface area contributed by atoms with E-state index in [0.29, 0.717) is 12.3 Å². The first-order chi connectivity index (χ1) is 17.0. The third-order valence-corrected chi connectivity index (χ3v) is 7.36. The highest BCUT2D eigenvalue weighted by Gasteiger charge is 2.43. The molecule has 3 aliphatic rings. The number of fused-ring (bicyclic) bond motifs is 3. The number of methoxy groups -OCH3 is 1. The van der Waals surface area contributed by atoms with Crippen LogP contribution in [-0.2, 0) is 19.1 Å². The number of carboxylic acids is 1. The van der Waals surface area contributed by atoms with Crippen LogP contribution in [0.25, 0.3) is 11.1 Å². The quantitative estimate of drug-likeness (QED) is 0.603. The molecular weight excluding hydrogens is 448 g/mol. The number of hydrogen-bond donors (Lipinski definition) is 2. The standard InChI is InChI=1S/C27H30N2O6/c1-34-17-13-24(26(31)32)29(14-17)25(30)23(12-16-10-11-16)28-27(33)35-15-22-20-8-4-2-6-18(20)19-7-3-5-9-21(19)22/h2-9,16-17,22-24H,10-15H2,1H3,(H,28,33)(H,31,32)/t17?,23-,24?/m0/s1. The highest BCUT2D eigenvalue weighted by Crippen LogP contribution is 2.44. The van der Waals surface area contributed by atoms with Crippen molar-refractivity contribution in [2.24, 2.45) is 5.92 Å². The maximum absolute atomic E-state index is 13.3. The summed E-state index contributed by atoms with van der Waals surface area (Å²) in [6.45, 7) is 0.344. The second-order valence-corrected chi connectivity index (χ2v) is 9.64. The van der Waals surface area contributed by atoms with Gasteiger partial charge in [-0.2, -0.15) is 0 Å². The molecule has 1 aliphatic heterocycles. The first kappa shape index (κ1) is 23.4. The minimum atomic E-state index is -1.07. The molecule has 2 N–H and O–H groups in total. The molecule has 0 spiro atoms. The Morgan fingerprint density at radius 3 is 2.26 bits per heavy atom. The van der Waals surface area contributed by atoms with Gasteiger partial charge in [0.1, 0.15) is 18.7 Å². The van der Waals surface area contributed by atoms with Crippen molar-refractivity contribution in [2.45, 2.75) is 49.8 Å². The van der Waals surface area contributed by atoms with Gasteiger partial charge in [-0.1, -0.05) is 61.4 Å². The van der Waals surface area contributed by atoms with E-state index in [1.807, 2.05) is 36.4 Å². The number of rotatable bonds is 8. The molecule has 2 aromatic rings. The number of aliphatic carboxylic acids is 1. The van der Waals surface area contributed by atoms with Crippen LogP contribution in [-0.4, -0.2) is 66.4 Å². The second kappa shape index (κ2) is 9.70. The van der Waals surface area contributed by atoms with Gasteiger partial charge in [0.15, 0.2) is 0 Å².